The first-order valence-electron chi connectivity index (χ1n) is 11.3. The molecule has 3 N–H and O–H groups in total. The highest BCUT2D eigenvalue weighted by molar-refractivity contribution is 5.93. The van der Waals surface area contributed by atoms with Crippen molar-refractivity contribution in [1.29, 1.82) is 0 Å². The monoisotopic (exact) mass is 461 g/mol. The average molecular weight is 462 g/mol. The quantitative estimate of drug-likeness (QED) is 0.610. The Bertz CT molecular complexity index is 891. The summed E-state index contributed by atoms with van der Waals surface area (Å²) >= 11 is 0. The van der Waals surface area contributed by atoms with Gasteiger partial charge in [0.25, 0.3) is 0 Å². The second kappa shape index (κ2) is 10.6. The highest BCUT2D eigenvalue weighted by Gasteiger charge is 2.45. The Hall–Kier alpha value is -3.17. The van der Waals surface area contributed by atoms with Crippen LogP contribution in [0.2, 0.25) is 0 Å². The number of fused-ring (bicyclic) bond motifs is 1. The summed E-state index contributed by atoms with van der Waals surface area (Å²) in [4.78, 5) is 54.0. The Morgan fingerprint density at radius 1 is 1.12 bits per heavy atom. The molecule has 3 rings (SSSR count). The zero-order chi connectivity index (χ0) is 24.1. The van der Waals surface area contributed by atoms with Gasteiger partial charge in [0.2, 0.25) is 17.7 Å². The van der Waals surface area contributed by atoms with Gasteiger partial charge in [-0.15, -0.1) is 0 Å². The van der Waals surface area contributed by atoms with Crippen LogP contribution in [0.15, 0.2) is 24.3 Å². The summed E-state index contributed by atoms with van der Waals surface area (Å²) in [5, 5.41) is 8.32. The Kier molecular flexibility index (Phi) is 7.88. The van der Waals surface area contributed by atoms with E-state index in [0.29, 0.717) is 25.8 Å². The lowest BCUT2D eigenvalue weighted by molar-refractivity contribution is -0.144. The molecule has 2 aliphatic rings. The minimum Gasteiger partial charge on any atom is -0.350 e. The highest BCUT2D eigenvalue weighted by atomic mass is 19.1. The fourth-order valence-electron chi connectivity index (χ4n) is 4.42. The van der Waals surface area contributed by atoms with E-state index >= 15 is 0 Å². The maximum absolute atomic E-state index is 13.5. The molecular formula is C23H32FN5O4. The molecule has 0 spiro atoms. The van der Waals surface area contributed by atoms with Gasteiger partial charge in [-0.2, -0.15) is 0 Å². The molecule has 0 aliphatic carbocycles. The van der Waals surface area contributed by atoms with Gasteiger partial charge in [-0.3, -0.25) is 14.4 Å². The minimum atomic E-state index is -0.936. The largest absolute Gasteiger partial charge is 0.350 e. The van der Waals surface area contributed by atoms with Gasteiger partial charge >= 0.3 is 6.03 Å². The first-order valence-corrected chi connectivity index (χ1v) is 11.3. The van der Waals surface area contributed by atoms with Gasteiger partial charge in [0.05, 0.1) is 6.54 Å². The van der Waals surface area contributed by atoms with Crippen molar-refractivity contribution in [3.63, 3.8) is 0 Å². The van der Waals surface area contributed by atoms with Crippen LogP contribution in [0, 0.1) is 5.82 Å². The van der Waals surface area contributed by atoms with Crippen LogP contribution >= 0.6 is 0 Å². The summed E-state index contributed by atoms with van der Waals surface area (Å²) in [6.45, 7) is 5.69. The SMILES string of the molecule is CC(=O)N[C@H]1CN(C(=O)NC(C)C)CC[C@H]2CC[C@@H](C(=O)NCc3ccc(F)cc3)N2C1=O. The van der Waals surface area contributed by atoms with E-state index in [1.807, 2.05) is 13.8 Å². The van der Waals surface area contributed by atoms with E-state index in [-0.39, 0.29) is 54.7 Å². The Morgan fingerprint density at radius 2 is 1.82 bits per heavy atom. The fraction of sp³-hybridized carbons (Fsp3) is 0.565. The summed E-state index contributed by atoms with van der Waals surface area (Å²) < 4.78 is 13.1. The van der Waals surface area contributed by atoms with Crippen LogP contribution in [0.25, 0.3) is 0 Å². The predicted molar refractivity (Wildman–Crippen MR) is 119 cm³/mol. The lowest BCUT2D eigenvalue weighted by Gasteiger charge is -2.38. The summed E-state index contributed by atoms with van der Waals surface area (Å²) in [6, 6.07) is 3.70. The number of nitrogens with one attached hydrogen (secondary N) is 3. The fourth-order valence-corrected chi connectivity index (χ4v) is 4.42. The van der Waals surface area contributed by atoms with Crippen LogP contribution in [0.4, 0.5) is 9.18 Å². The molecule has 0 unspecified atom stereocenters. The molecule has 2 heterocycles. The van der Waals surface area contributed by atoms with E-state index in [1.165, 1.54) is 19.1 Å². The number of hydrogen-bond donors (Lipinski definition) is 3. The zero-order valence-electron chi connectivity index (χ0n) is 19.3. The van der Waals surface area contributed by atoms with Gasteiger partial charge in [0.1, 0.15) is 17.9 Å². The third-order valence-electron chi connectivity index (χ3n) is 5.95. The third-order valence-corrected chi connectivity index (χ3v) is 5.95. The molecule has 1 aromatic rings. The summed E-state index contributed by atoms with van der Waals surface area (Å²) in [7, 11) is 0. The Morgan fingerprint density at radius 3 is 2.45 bits per heavy atom. The van der Waals surface area contributed by atoms with E-state index in [2.05, 4.69) is 16.0 Å². The number of nitrogens with zero attached hydrogens (tertiary/aromatic N) is 2. The topological polar surface area (TPSA) is 111 Å². The Balaban J connectivity index is 1.74. The molecular weight excluding hydrogens is 429 g/mol. The normalized spacial score (nSPS) is 22.9. The van der Waals surface area contributed by atoms with Crippen molar-refractivity contribution < 1.29 is 23.6 Å². The van der Waals surface area contributed by atoms with E-state index in [1.54, 1.807) is 21.9 Å². The third kappa shape index (κ3) is 6.21. The van der Waals surface area contributed by atoms with E-state index in [4.69, 9.17) is 0 Å². The molecule has 9 nitrogen and oxygen atoms in total. The molecule has 0 radical (unpaired) electrons. The van der Waals surface area contributed by atoms with Crippen LogP contribution < -0.4 is 16.0 Å². The molecule has 3 atom stereocenters. The van der Waals surface area contributed by atoms with Gasteiger partial charge in [-0.1, -0.05) is 12.1 Å². The van der Waals surface area contributed by atoms with Gasteiger partial charge in [0.15, 0.2) is 0 Å². The molecule has 5 amide bonds. The molecule has 1 aromatic carbocycles. The number of carbonyl (C=O) groups excluding carboxylic acids is 4. The van der Waals surface area contributed by atoms with Crippen LogP contribution in [-0.2, 0) is 20.9 Å². The van der Waals surface area contributed by atoms with Crippen molar-refractivity contribution >= 4 is 23.8 Å². The van der Waals surface area contributed by atoms with E-state index in [0.717, 1.165) is 5.56 Å². The van der Waals surface area contributed by atoms with Crippen molar-refractivity contribution in [2.75, 3.05) is 13.1 Å². The number of urea groups is 1. The molecule has 2 saturated heterocycles. The first-order chi connectivity index (χ1) is 15.7. The van der Waals surface area contributed by atoms with Crippen molar-refractivity contribution in [3.8, 4) is 0 Å². The molecule has 0 aromatic heterocycles. The van der Waals surface area contributed by atoms with Crippen LogP contribution in [0.5, 0.6) is 0 Å². The molecule has 2 aliphatic heterocycles. The number of carbonyl (C=O) groups is 4. The number of rotatable bonds is 5. The number of benzene rings is 1. The van der Waals surface area contributed by atoms with Crippen LogP contribution in [0.3, 0.4) is 0 Å². The molecule has 2 fully saturated rings. The minimum absolute atomic E-state index is 0.0319. The molecule has 0 saturated carbocycles. The number of amides is 5. The molecule has 10 heteroatoms. The Labute approximate surface area is 193 Å². The van der Waals surface area contributed by atoms with Crippen molar-refractivity contribution in [2.45, 2.75) is 70.7 Å². The molecule has 0 bridgehead atoms. The lowest BCUT2D eigenvalue weighted by atomic mass is 10.1. The standard InChI is InChI=1S/C23H32FN5O4/c1-14(2)26-23(33)28-11-10-18-8-9-20(29(18)22(32)19(13-28)27-15(3)30)21(31)25-12-16-4-6-17(24)7-5-16/h4-7,14,18-20H,8-13H2,1-3H3,(H,25,31)(H,26,33)(H,27,30)/t18-,19+,20+/m1/s1. The van der Waals surface area contributed by atoms with Gasteiger partial charge < -0.3 is 25.8 Å². The van der Waals surface area contributed by atoms with Gasteiger partial charge in [-0.25, -0.2) is 9.18 Å². The maximum Gasteiger partial charge on any atom is 0.317 e. The van der Waals surface area contributed by atoms with Crippen molar-refractivity contribution in [3.05, 3.63) is 35.6 Å². The summed E-state index contributed by atoms with van der Waals surface area (Å²) in [5.74, 6) is -1.38. The van der Waals surface area contributed by atoms with Crippen molar-refractivity contribution in [1.82, 2.24) is 25.8 Å². The highest BCUT2D eigenvalue weighted by Crippen LogP contribution is 2.29. The average Bonchev–Trinajstić information content (AvgIpc) is 3.16. The number of hydrogen-bond acceptors (Lipinski definition) is 4. The van der Waals surface area contributed by atoms with Crippen LogP contribution in [0.1, 0.15) is 45.6 Å². The molecule has 33 heavy (non-hydrogen) atoms. The van der Waals surface area contributed by atoms with E-state index < -0.39 is 12.1 Å². The van der Waals surface area contributed by atoms with Gasteiger partial charge in [0, 0.05) is 32.1 Å². The first kappa shape index (κ1) is 24.5. The zero-order valence-corrected chi connectivity index (χ0v) is 19.3. The van der Waals surface area contributed by atoms with Gasteiger partial charge in [-0.05, 0) is 50.8 Å². The smallest absolute Gasteiger partial charge is 0.317 e. The summed E-state index contributed by atoms with van der Waals surface area (Å²) in [6.07, 6.45) is 1.68. The summed E-state index contributed by atoms with van der Waals surface area (Å²) in [5.41, 5.74) is 0.751. The van der Waals surface area contributed by atoms with E-state index in [9.17, 15) is 23.6 Å². The number of halogens is 1. The van der Waals surface area contributed by atoms with Crippen LogP contribution in [-0.4, -0.2) is 70.8 Å². The van der Waals surface area contributed by atoms with Crippen molar-refractivity contribution in [2.24, 2.45) is 0 Å². The second-order valence-electron chi connectivity index (χ2n) is 8.93. The lowest BCUT2D eigenvalue weighted by Crippen LogP contribution is -2.61. The second-order valence-corrected chi connectivity index (χ2v) is 8.93. The maximum atomic E-state index is 13.5. The predicted octanol–water partition coefficient (Wildman–Crippen LogP) is 1.13. The molecule has 180 valence electrons.